The fourth-order valence-electron chi connectivity index (χ4n) is 7.78. The summed E-state index contributed by atoms with van der Waals surface area (Å²) < 4.78 is 1.44. The predicted octanol–water partition coefficient (Wildman–Crippen LogP) is 5.51. The van der Waals surface area contributed by atoms with Gasteiger partial charge in [-0.1, -0.05) is 24.3 Å². The van der Waals surface area contributed by atoms with Crippen LogP contribution in [0.1, 0.15) is 49.7 Å². The SMILES string of the molecule is Oc1ccc(C23CC4CC(C2)CC(c2ccc(O)cc2)(C4)C3)cc1.[O-][n+]1ccc(-c2cc[n+]([O-])cc2)cc1. The van der Waals surface area contributed by atoms with Crippen molar-refractivity contribution in [3.05, 3.63) is 119 Å². The summed E-state index contributed by atoms with van der Waals surface area (Å²) in [6.45, 7) is 0. The van der Waals surface area contributed by atoms with Gasteiger partial charge in [-0.3, -0.25) is 0 Å². The normalized spacial score (nSPS) is 26.9. The summed E-state index contributed by atoms with van der Waals surface area (Å²) in [5.41, 5.74) is 5.20. The monoisotopic (exact) mass is 508 g/mol. The van der Waals surface area contributed by atoms with Gasteiger partial charge in [-0.2, -0.15) is 9.46 Å². The number of pyridine rings is 2. The van der Waals surface area contributed by atoms with Gasteiger partial charge in [-0.05, 0) is 108 Å². The maximum atomic E-state index is 10.8. The van der Waals surface area contributed by atoms with Crippen LogP contribution in [0.3, 0.4) is 0 Å². The van der Waals surface area contributed by atoms with E-state index >= 15 is 0 Å². The lowest BCUT2D eigenvalue weighted by atomic mass is 9.42. The third-order valence-corrected chi connectivity index (χ3v) is 8.96. The number of phenols is 2. The number of rotatable bonds is 3. The minimum Gasteiger partial charge on any atom is -0.619 e. The van der Waals surface area contributed by atoms with Gasteiger partial charge in [0.1, 0.15) is 11.5 Å². The van der Waals surface area contributed by atoms with Crippen molar-refractivity contribution in [1.29, 1.82) is 0 Å². The molecule has 4 fully saturated rings. The lowest BCUT2D eigenvalue weighted by Gasteiger charge is -2.62. The molecule has 0 unspecified atom stereocenters. The van der Waals surface area contributed by atoms with E-state index in [2.05, 4.69) is 24.3 Å². The van der Waals surface area contributed by atoms with E-state index in [0.717, 1.165) is 32.4 Å². The van der Waals surface area contributed by atoms with Gasteiger partial charge in [0, 0.05) is 24.3 Å². The first kappa shape index (κ1) is 24.3. The molecule has 6 heteroatoms. The van der Waals surface area contributed by atoms with E-state index < -0.39 is 0 Å². The number of benzene rings is 2. The van der Waals surface area contributed by atoms with Gasteiger partial charge in [-0.25, -0.2) is 0 Å². The van der Waals surface area contributed by atoms with Gasteiger partial charge >= 0.3 is 0 Å². The first-order valence-corrected chi connectivity index (χ1v) is 13.3. The quantitative estimate of drug-likeness (QED) is 0.282. The molecule has 4 aliphatic rings. The van der Waals surface area contributed by atoms with Gasteiger partial charge < -0.3 is 20.6 Å². The summed E-state index contributed by atoms with van der Waals surface area (Å²) in [6.07, 6.45) is 13.5. The average Bonchev–Trinajstić information content (AvgIpc) is 2.90. The smallest absolute Gasteiger partial charge is 0.180 e. The third-order valence-electron chi connectivity index (χ3n) is 8.96. The minimum absolute atomic E-state index is 0.273. The molecule has 8 rings (SSSR count). The second-order valence-corrected chi connectivity index (χ2v) is 11.5. The number of hydrogen-bond acceptors (Lipinski definition) is 4. The molecule has 6 nitrogen and oxygen atoms in total. The average molecular weight is 509 g/mol. The Kier molecular flexibility index (Phi) is 5.98. The Bertz CT molecular complexity index is 1280. The van der Waals surface area contributed by atoms with Crippen molar-refractivity contribution in [3.8, 4) is 22.6 Å². The molecule has 4 saturated carbocycles. The fourth-order valence-corrected chi connectivity index (χ4v) is 7.78. The topological polar surface area (TPSA) is 94.3 Å². The van der Waals surface area contributed by atoms with Crippen molar-refractivity contribution in [2.24, 2.45) is 11.8 Å². The van der Waals surface area contributed by atoms with Crippen LogP contribution in [-0.2, 0) is 10.8 Å². The molecule has 0 atom stereocenters. The van der Waals surface area contributed by atoms with E-state index in [1.807, 2.05) is 24.3 Å². The molecule has 4 bridgehead atoms. The summed E-state index contributed by atoms with van der Waals surface area (Å²) in [7, 11) is 0. The predicted molar refractivity (Wildman–Crippen MR) is 144 cm³/mol. The molecule has 0 amide bonds. The van der Waals surface area contributed by atoms with Gasteiger partial charge in [0.15, 0.2) is 24.8 Å². The maximum Gasteiger partial charge on any atom is 0.180 e. The zero-order valence-corrected chi connectivity index (χ0v) is 21.2. The summed E-state index contributed by atoms with van der Waals surface area (Å²) in [4.78, 5) is 0. The molecule has 194 valence electrons. The molecule has 4 aromatic rings. The van der Waals surface area contributed by atoms with Crippen LogP contribution in [0.2, 0.25) is 0 Å². The van der Waals surface area contributed by atoms with E-state index in [1.165, 1.54) is 74.4 Å². The molecule has 2 aromatic carbocycles. The van der Waals surface area contributed by atoms with Crippen LogP contribution in [0, 0.1) is 22.3 Å². The molecule has 0 spiro atoms. The second-order valence-electron chi connectivity index (χ2n) is 11.5. The van der Waals surface area contributed by atoms with Crippen molar-refractivity contribution in [3.63, 3.8) is 0 Å². The highest BCUT2D eigenvalue weighted by molar-refractivity contribution is 5.61. The number of phenolic OH excluding ortho intramolecular Hbond substituents is 2. The Morgan fingerprint density at radius 3 is 1.24 bits per heavy atom. The molecule has 0 saturated heterocycles. The molecular formula is C32H32N2O4. The van der Waals surface area contributed by atoms with Crippen LogP contribution in [0.15, 0.2) is 97.6 Å². The van der Waals surface area contributed by atoms with Crippen LogP contribution >= 0.6 is 0 Å². The number of hydrogen-bond donors (Lipinski definition) is 2. The Labute approximate surface area is 222 Å². The highest BCUT2D eigenvalue weighted by atomic mass is 16.5. The molecule has 2 heterocycles. The van der Waals surface area contributed by atoms with Gasteiger partial charge in [0.2, 0.25) is 0 Å². The largest absolute Gasteiger partial charge is 0.619 e. The van der Waals surface area contributed by atoms with E-state index in [9.17, 15) is 20.6 Å². The van der Waals surface area contributed by atoms with E-state index in [0.29, 0.717) is 11.5 Å². The Balaban J connectivity index is 0.000000161. The first-order chi connectivity index (χ1) is 18.3. The van der Waals surface area contributed by atoms with Crippen LogP contribution < -0.4 is 9.46 Å². The van der Waals surface area contributed by atoms with Crippen LogP contribution in [0.25, 0.3) is 11.1 Å². The number of aromatic hydroxyl groups is 2. The summed E-state index contributed by atoms with van der Waals surface area (Å²) in [5.74, 6) is 2.34. The van der Waals surface area contributed by atoms with Gasteiger partial charge in [0.25, 0.3) is 0 Å². The van der Waals surface area contributed by atoms with Gasteiger partial charge in [-0.15, -0.1) is 0 Å². The van der Waals surface area contributed by atoms with Crippen LogP contribution in [-0.4, -0.2) is 10.2 Å². The Morgan fingerprint density at radius 2 is 0.895 bits per heavy atom. The second kappa shape index (κ2) is 9.35. The standard InChI is InChI=1S/C22H24O2.C10H8N2O2/c23-19-5-1-17(2-6-19)21-10-15-9-16(11-21)13-22(12-15,14-21)18-3-7-20(24)8-4-18;13-11-5-1-9(2-6-11)10-3-7-12(14)8-4-10/h1-8,15-16,23-24H,9-14H2;1-8H. The highest BCUT2D eigenvalue weighted by Crippen LogP contribution is 2.66. The third kappa shape index (κ3) is 4.55. The summed E-state index contributed by atoms with van der Waals surface area (Å²) in [5, 5.41) is 40.9. The van der Waals surface area contributed by atoms with Crippen molar-refractivity contribution < 1.29 is 19.7 Å². The van der Waals surface area contributed by atoms with E-state index in [1.54, 1.807) is 24.3 Å². The molecular weight excluding hydrogens is 476 g/mol. The lowest BCUT2D eigenvalue weighted by molar-refractivity contribution is -0.605. The maximum absolute atomic E-state index is 10.8. The van der Waals surface area contributed by atoms with E-state index in [4.69, 9.17) is 0 Å². The Hall–Kier alpha value is -4.06. The minimum atomic E-state index is 0.273. The first-order valence-electron chi connectivity index (χ1n) is 13.3. The molecule has 4 aliphatic carbocycles. The highest BCUT2D eigenvalue weighted by Gasteiger charge is 2.58. The fraction of sp³-hybridized carbons (Fsp3) is 0.312. The lowest BCUT2D eigenvalue weighted by Crippen LogP contribution is -2.55. The van der Waals surface area contributed by atoms with Crippen molar-refractivity contribution in [2.75, 3.05) is 0 Å². The molecule has 2 N–H and O–H groups in total. The van der Waals surface area contributed by atoms with Crippen LogP contribution in [0.4, 0.5) is 0 Å². The molecule has 0 aliphatic heterocycles. The molecule has 38 heavy (non-hydrogen) atoms. The van der Waals surface area contributed by atoms with E-state index in [-0.39, 0.29) is 10.8 Å². The zero-order chi connectivity index (χ0) is 26.3. The van der Waals surface area contributed by atoms with Crippen molar-refractivity contribution in [2.45, 2.75) is 49.4 Å². The molecule has 0 radical (unpaired) electrons. The number of aromatic nitrogens is 2. The molecule has 2 aromatic heterocycles. The van der Waals surface area contributed by atoms with Crippen molar-refractivity contribution >= 4 is 0 Å². The summed E-state index contributed by atoms with van der Waals surface area (Å²) in [6, 6.07) is 22.8. The number of nitrogens with zero attached hydrogens (tertiary/aromatic N) is 2. The summed E-state index contributed by atoms with van der Waals surface area (Å²) >= 11 is 0. The van der Waals surface area contributed by atoms with Crippen LogP contribution in [0.5, 0.6) is 11.5 Å². The Morgan fingerprint density at radius 1 is 0.553 bits per heavy atom. The van der Waals surface area contributed by atoms with Crippen molar-refractivity contribution in [1.82, 2.24) is 0 Å². The zero-order valence-electron chi connectivity index (χ0n) is 21.2. The van der Waals surface area contributed by atoms with Gasteiger partial charge in [0.05, 0.1) is 0 Å².